The highest BCUT2D eigenvalue weighted by Crippen LogP contribution is 2.63. The number of carbonyl (C=O) groups excluding carboxylic acids is 1. The number of alkyl halides is 3. The van der Waals surface area contributed by atoms with Crippen molar-refractivity contribution in [1.29, 1.82) is 0 Å². The maximum atomic E-state index is 13.9. The van der Waals surface area contributed by atoms with Crippen molar-refractivity contribution in [1.82, 2.24) is 0 Å². The van der Waals surface area contributed by atoms with Gasteiger partial charge in [-0.05, 0) is 75.5 Å². The van der Waals surface area contributed by atoms with Gasteiger partial charge in [-0.3, -0.25) is 4.79 Å². The molecule has 0 spiro atoms. The van der Waals surface area contributed by atoms with E-state index in [2.05, 4.69) is 0 Å². The van der Waals surface area contributed by atoms with Gasteiger partial charge in [0, 0.05) is 0 Å². The topological polar surface area (TPSA) is 26.3 Å². The summed E-state index contributed by atoms with van der Waals surface area (Å²) in [5, 5.41) is 0. The molecule has 144 valence electrons. The van der Waals surface area contributed by atoms with Crippen LogP contribution in [-0.4, -0.2) is 17.7 Å². The van der Waals surface area contributed by atoms with Crippen LogP contribution >= 0.6 is 0 Å². The van der Waals surface area contributed by atoms with Crippen LogP contribution in [0.3, 0.4) is 0 Å². The zero-order valence-corrected chi connectivity index (χ0v) is 15.6. The predicted octanol–water partition coefficient (Wildman–Crippen LogP) is 5.89. The Morgan fingerprint density at radius 3 is 1.76 bits per heavy atom. The van der Waals surface area contributed by atoms with E-state index in [1.807, 2.05) is 6.92 Å². The molecule has 0 unspecified atom stereocenters. The summed E-state index contributed by atoms with van der Waals surface area (Å²) >= 11 is 0. The Hall–Kier alpha value is -0.740. The van der Waals surface area contributed by atoms with E-state index < -0.39 is 23.2 Å². The van der Waals surface area contributed by atoms with Gasteiger partial charge in [0.05, 0.1) is 5.41 Å². The van der Waals surface area contributed by atoms with Gasteiger partial charge in [0.25, 0.3) is 0 Å². The molecular formula is C20H31F3O2. The minimum Gasteiger partial charge on any atom is -0.449 e. The van der Waals surface area contributed by atoms with Crippen molar-refractivity contribution in [2.24, 2.45) is 29.1 Å². The molecule has 0 amide bonds. The molecule has 25 heavy (non-hydrogen) atoms. The van der Waals surface area contributed by atoms with Gasteiger partial charge >= 0.3 is 12.1 Å². The van der Waals surface area contributed by atoms with Crippen LogP contribution in [0.1, 0.15) is 78.6 Å². The Labute approximate surface area is 148 Å². The molecule has 0 aromatic carbocycles. The summed E-state index contributed by atoms with van der Waals surface area (Å²) in [4.78, 5) is 13.1. The Kier molecular flexibility index (Phi) is 4.91. The molecular weight excluding hydrogens is 329 g/mol. The second kappa shape index (κ2) is 6.45. The zero-order chi connectivity index (χ0) is 18.5. The monoisotopic (exact) mass is 360 g/mol. The quantitative estimate of drug-likeness (QED) is 0.552. The summed E-state index contributed by atoms with van der Waals surface area (Å²) in [6, 6.07) is 0. The lowest BCUT2D eigenvalue weighted by molar-refractivity contribution is -0.283. The summed E-state index contributed by atoms with van der Waals surface area (Å²) in [5.41, 5.74) is -3.04. The zero-order valence-electron chi connectivity index (χ0n) is 15.6. The Bertz CT molecular complexity index is 478. The predicted molar refractivity (Wildman–Crippen MR) is 89.8 cm³/mol. The van der Waals surface area contributed by atoms with E-state index in [1.165, 1.54) is 6.42 Å². The van der Waals surface area contributed by atoms with Gasteiger partial charge in [0.1, 0.15) is 0 Å². The molecule has 5 heteroatoms. The van der Waals surface area contributed by atoms with E-state index in [4.69, 9.17) is 4.74 Å². The summed E-state index contributed by atoms with van der Waals surface area (Å²) < 4.78 is 47.1. The fourth-order valence-electron chi connectivity index (χ4n) is 6.16. The summed E-state index contributed by atoms with van der Waals surface area (Å²) in [5.74, 6) is 1.15. The van der Waals surface area contributed by atoms with Crippen LogP contribution in [-0.2, 0) is 9.53 Å². The van der Waals surface area contributed by atoms with Crippen molar-refractivity contribution in [2.45, 2.75) is 90.3 Å². The van der Waals surface area contributed by atoms with Crippen molar-refractivity contribution >= 4 is 5.97 Å². The Morgan fingerprint density at radius 2 is 1.40 bits per heavy atom. The Morgan fingerprint density at radius 1 is 0.960 bits per heavy atom. The fourth-order valence-corrected chi connectivity index (χ4v) is 6.16. The van der Waals surface area contributed by atoms with E-state index in [-0.39, 0.29) is 24.7 Å². The molecule has 0 aromatic heterocycles. The molecule has 0 heterocycles. The van der Waals surface area contributed by atoms with Gasteiger partial charge in [0.2, 0.25) is 5.60 Å². The van der Waals surface area contributed by atoms with Crippen LogP contribution in [0.2, 0.25) is 0 Å². The first-order valence-electron chi connectivity index (χ1n) is 9.96. The van der Waals surface area contributed by atoms with Gasteiger partial charge in [-0.15, -0.1) is 0 Å². The highest BCUT2D eigenvalue weighted by Gasteiger charge is 2.63. The maximum absolute atomic E-state index is 13.9. The second-order valence-corrected chi connectivity index (χ2v) is 8.97. The highest BCUT2D eigenvalue weighted by molar-refractivity contribution is 5.78. The van der Waals surface area contributed by atoms with Gasteiger partial charge in [-0.25, -0.2) is 0 Å². The van der Waals surface area contributed by atoms with Gasteiger partial charge in [-0.2, -0.15) is 13.2 Å². The molecule has 0 N–H and O–H groups in total. The first kappa shape index (κ1) is 19.0. The minimum atomic E-state index is -4.52. The average molecular weight is 360 g/mol. The third kappa shape index (κ3) is 2.99. The molecule has 4 rings (SSSR count). The molecule has 4 aliphatic carbocycles. The largest absolute Gasteiger partial charge is 0.449 e. The van der Waals surface area contributed by atoms with Gasteiger partial charge in [-0.1, -0.05) is 26.7 Å². The molecule has 0 saturated heterocycles. The Balaban J connectivity index is 1.86. The van der Waals surface area contributed by atoms with E-state index in [1.54, 1.807) is 13.8 Å². The number of carbonyl (C=O) groups is 1. The smallest absolute Gasteiger partial charge is 0.428 e. The lowest BCUT2D eigenvalue weighted by atomic mass is 9.46. The molecule has 0 atom stereocenters. The van der Waals surface area contributed by atoms with Crippen molar-refractivity contribution < 1.29 is 22.7 Å². The van der Waals surface area contributed by atoms with Crippen LogP contribution in [0.25, 0.3) is 0 Å². The second-order valence-electron chi connectivity index (χ2n) is 8.97. The number of ether oxygens (including phenoxy) is 1. The minimum absolute atomic E-state index is 0.146. The number of esters is 1. The molecule has 2 nitrogen and oxygen atoms in total. The lowest BCUT2D eigenvalue weighted by Crippen LogP contribution is -2.58. The molecule has 4 aliphatic rings. The van der Waals surface area contributed by atoms with Crippen molar-refractivity contribution in [2.75, 3.05) is 0 Å². The average Bonchev–Trinajstić information content (AvgIpc) is 2.50. The molecule has 4 bridgehead atoms. The third-order valence-electron chi connectivity index (χ3n) is 7.39. The SMILES string of the molecule is CCCC(CCC)(OC(=O)C1(C)C2CC3CC(C2)CC1C3)C(F)(F)F. The molecule has 0 aromatic rings. The number of hydrogen-bond donors (Lipinski definition) is 0. The van der Waals surface area contributed by atoms with Crippen molar-refractivity contribution in [3.63, 3.8) is 0 Å². The van der Waals surface area contributed by atoms with E-state index >= 15 is 0 Å². The van der Waals surface area contributed by atoms with Crippen molar-refractivity contribution in [3.05, 3.63) is 0 Å². The van der Waals surface area contributed by atoms with Gasteiger partial charge < -0.3 is 4.74 Å². The fraction of sp³-hybridized carbons (Fsp3) is 0.950. The van der Waals surface area contributed by atoms with E-state index in [0.29, 0.717) is 24.7 Å². The van der Waals surface area contributed by atoms with Crippen LogP contribution < -0.4 is 0 Å². The maximum Gasteiger partial charge on any atom is 0.428 e. The lowest BCUT2D eigenvalue weighted by Gasteiger charge is -2.59. The molecule has 4 fully saturated rings. The summed E-state index contributed by atoms with van der Waals surface area (Å²) in [7, 11) is 0. The van der Waals surface area contributed by atoms with Crippen LogP contribution in [0.15, 0.2) is 0 Å². The molecule has 0 aliphatic heterocycles. The van der Waals surface area contributed by atoms with Gasteiger partial charge in [0.15, 0.2) is 0 Å². The first-order chi connectivity index (χ1) is 11.7. The number of hydrogen-bond acceptors (Lipinski definition) is 2. The standard InChI is InChI=1S/C20H31F3O2/c1-4-6-19(7-5-2,20(21,22)23)25-17(24)18(3)15-9-13-8-14(11-15)12-16(18)10-13/h13-16H,4-12H2,1-3H3. The first-order valence-corrected chi connectivity index (χ1v) is 9.96. The summed E-state index contributed by atoms with van der Waals surface area (Å²) in [6.45, 7) is 5.32. The number of rotatable bonds is 6. The molecule has 0 radical (unpaired) electrons. The normalized spacial score (nSPS) is 37.4. The highest BCUT2D eigenvalue weighted by atomic mass is 19.4. The molecule has 4 saturated carbocycles. The van der Waals surface area contributed by atoms with Crippen molar-refractivity contribution in [3.8, 4) is 0 Å². The van der Waals surface area contributed by atoms with Crippen LogP contribution in [0.4, 0.5) is 13.2 Å². The van der Waals surface area contributed by atoms with Crippen LogP contribution in [0.5, 0.6) is 0 Å². The summed E-state index contributed by atoms with van der Waals surface area (Å²) in [6.07, 6.45) is 1.07. The van der Waals surface area contributed by atoms with E-state index in [9.17, 15) is 18.0 Å². The third-order valence-corrected chi connectivity index (χ3v) is 7.39. The number of halogens is 3. The van der Waals surface area contributed by atoms with E-state index in [0.717, 1.165) is 25.7 Å². The van der Waals surface area contributed by atoms with Crippen LogP contribution in [0, 0.1) is 29.1 Å².